The highest BCUT2D eigenvalue weighted by Crippen LogP contribution is 2.25. The third kappa shape index (κ3) is 4.71. The Labute approximate surface area is 154 Å². The highest BCUT2D eigenvalue weighted by atomic mass is 35.5. The maximum absolute atomic E-state index is 12.7. The number of hydrogen-bond acceptors (Lipinski definition) is 4. The Balaban J connectivity index is 0.00000225. The first-order valence-electron chi connectivity index (χ1n) is 8.60. The second-order valence-corrected chi connectivity index (χ2v) is 6.58. The maximum atomic E-state index is 12.7. The number of morpholine rings is 1. The van der Waals surface area contributed by atoms with Crippen molar-refractivity contribution in [2.75, 3.05) is 19.8 Å². The lowest BCUT2D eigenvalue weighted by Gasteiger charge is -2.35. The van der Waals surface area contributed by atoms with Crippen molar-refractivity contribution < 1.29 is 14.3 Å². The fourth-order valence-electron chi connectivity index (χ4n) is 3.59. The van der Waals surface area contributed by atoms with Gasteiger partial charge in [0, 0.05) is 12.6 Å². The predicted octanol–water partition coefficient (Wildman–Crippen LogP) is 1.08. The van der Waals surface area contributed by atoms with E-state index in [2.05, 4.69) is 5.32 Å². The van der Waals surface area contributed by atoms with Crippen LogP contribution in [0.25, 0.3) is 0 Å². The summed E-state index contributed by atoms with van der Waals surface area (Å²) < 4.78 is 5.32. The van der Waals surface area contributed by atoms with Gasteiger partial charge in [-0.2, -0.15) is 0 Å². The number of nitrogens with two attached hydrogens (primary N) is 1. The minimum atomic E-state index is -0.578. The van der Waals surface area contributed by atoms with Crippen LogP contribution >= 0.6 is 12.4 Å². The molecule has 0 spiro atoms. The van der Waals surface area contributed by atoms with E-state index in [-0.39, 0.29) is 43.5 Å². The quantitative estimate of drug-likeness (QED) is 0.815. The van der Waals surface area contributed by atoms with Crippen LogP contribution in [0.2, 0.25) is 0 Å². The number of benzene rings is 1. The number of carbonyl (C=O) groups is 2. The first-order chi connectivity index (χ1) is 11.7. The number of ether oxygens (including phenoxy) is 1. The molecule has 6 nitrogen and oxygen atoms in total. The summed E-state index contributed by atoms with van der Waals surface area (Å²) in [6.07, 6.45) is 3.09. The van der Waals surface area contributed by atoms with E-state index in [9.17, 15) is 9.59 Å². The number of nitrogens with one attached hydrogen (secondary N) is 1. The van der Waals surface area contributed by atoms with Crippen LogP contribution in [-0.2, 0) is 20.9 Å². The van der Waals surface area contributed by atoms with E-state index in [0.29, 0.717) is 19.0 Å². The normalized spacial score (nSPS) is 26.2. The number of nitrogens with zero attached hydrogens (tertiary/aromatic N) is 1. The van der Waals surface area contributed by atoms with Crippen LogP contribution in [0.5, 0.6) is 0 Å². The van der Waals surface area contributed by atoms with Gasteiger partial charge in [0.15, 0.2) is 0 Å². The van der Waals surface area contributed by atoms with Crippen LogP contribution < -0.4 is 11.1 Å². The van der Waals surface area contributed by atoms with Gasteiger partial charge < -0.3 is 20.7 Å². The third-order valence-electron chi connectivity index (χ3n) is 4.99. The summed E-state index contributed by atoms with van der Waals surface area (Å²) in [4.78, 5) is 26.6. The first kappa shape index (κ1) is 19.7. The van der Waals surface area contributed by atoms with E-state index in [1.165, 1.54) is 0 Å². The maximum Gasteiger partial charge on any atom is 0.249 e. The van der Waals surface area contributed by atoms with Gasteiger partial charge >= 0.3 is 0 Å². The van der Waals surface area contributed by atoms with Crippen LogP contribution in [0.1, 0.15) is 24.8 Å². The number of amides is 2. The van der Waals surface area contributed by atoms with Gasteiger partial charge in [-0.3, -0.25) is 9.59 Å². The Morgan fingerprint density at radius 3 is 2.76 bits per heavy atom. The highest BCUT2D eigenvalue weighted by Gasteiger charge is 2.36. The summed E-state index contributed by atoms with van der Waals surface area (Å²) in [5.41, 5.74) is 6.80. The summed E-state index contributed by atoms with van der Waals surface area (Å²) in [6.45, 7) is 1.28. The van der Waals surface area contributed by atoms with E-state index < -0.39 is 6.04 Å². The van der Waals surface area contributed by atoms with E-state index in [0.717, 1.165) is 24.8 Å². The second kappa shape index (κ2) is 9.17. The van der Waals surface area contributed by atoms with Crippen LogP contribution in [-0.4, -0.2) is 48.6 Å². The molecule has 0 bridgehead atoms. The van der Waals surface area contributed by atoms with Crippen LogP contribution in [0.3, 0.4) is 0 Å². The monoisotopic (exact) mass is 367 g/mol. The second-order valence-electron chi connectivity index (χ2n) is 6.58. The SMILES string of the molecule is Cl.NCC1CCCC1NC(=O)[C@H]1COCC(=O)N1Cc1ccccc1. The molecular weight excluding hydrogens is 342 g/mol. The molecule has 1 saturated heterocycles. The molecule has 1 saturated carbocycles. The molecule has 3 rings (SSSR count). The number of rotatable bonds is 5. The summed E-state index contributed by atoms with van der Waals surface area (Å²) in [5.74, 6) is 0.0492. The molecule has 0 radical (unpaired) electrons. The fraction of sp³-hybridized carbons (Fsp3) is 0.556. The predicted molar refractivity (Wildman–Crippen MR) is 97.2 cm³/mol. The zero-order valence-corrected chi connectivity index (χ0v) is 15.0. The molecule has 3 N–H and O–H groups in total. The van der Waals surface area contributed by atoms with Crippen molar-refractivity contribution in [2.24, 2.45) is 11.7 Å². The average molecular weight is 368 g/mol. The highest BCUT2D eigenvalue weighted by molar-refractivity contribution is 5.89. The Kier molecular flexibility index (Phi) is 7.23. The van der Waals surface area contributed by atoms with Gasteiger partial charge in [0.1, 0.15) is 12.6 Å². The average Bonchev–Trinajstić information content (AvgIpc) is 3.04. The molecule has 0 aromatic heterocycles. The van der Waals surface area contributed by atoms with Gasteiger partial charge in [0.25, 0.3) is 0 Å². The standard InChI is InChI=1S/C18H25N3O3.ClH/c19-9-14-7-4-8-15(14)20-18(23)16-11-24-12-17(22)21(16)10-13-5-2-1-3-6-13;/h1-3,5-6,14-16H,4,7-12,19H2,(H,20,23);1H/t14?,15?,16-;/m1./s1. The smallest absolute Gasteiger partial charge is 0.249 e. The Morgan fingerprint density at radius 2 is 2.04 bits per heavy atom. The van der Waals surface area contributed by atoms with Crippen molar-refractivity contribution >= 4 is 24.2 Å². The van der Waals surface area contributed by atoms with Gasteiger partial charge in [-0.1, -0.05) is 36.8 Å². The zero-order valence-electron chi connectivity index (χ0n) is 14.2. The minimum absolute atomic E-state index is 0. The molecule has 1 heterocycles. The van der Waals surface area contributed by atoms with Gasteiger partial charge in [0.2, 0.25) is 11.8 Å². The molecule has 2 amide bonds. The molecule has 3 atom stereocenters. The minimum Gasteiger partial charge on any atom is -0.369 e. The summed E-state index contributed by atoms with van der Waals surface area (Å²) in [5, 5.41) is 3.09. The molecule has 1 aliphatic heterocycles. The molecule has 7 heteroatoms. The molecular formula is C18H26ClN3O3. The van der Waals surface area contributed by atoms with Crippen molar-refractivity contribution in [2.45, 2.75) is 37.9 Å². The van der Waals surface area contributed by atoms with Crippen LogP contribution in [0.15, 0.2) is 30.3 Å². The van der Waals surface area contributed by atoms with Gasteiger partial charge in [-0.25, -0.2) is 0 Å². The van der Waals surface area contributed by atoms with Crippen LogP contribution in [0.4, 0.5) is 0 Å². The summed E-state index contributed by atoms with van der Waals surface area (Å²) >= 11 is 0. The van der Waals surface area contributed by atoms with Gasteiger partial charge in [0.05, 0.1) is 6.61 Å². The van der Waals surface area contributed by atoms with E-state index in [4.69, 9.17) is 10.5 Å². The lowest BCUT2D eigenvalue weighted by Crippen LogP contribution is -2.57. The number of halogens is 1. The lowest BCUT2D eigenvalue weighted by atomic mass is 10.0. The lowest BCUT2D eigenvalue weighted by molar-refractivity contribution is -0.156. The molecule has 2 unspecified atom stereocenters. The van der Waals surface area contributed by atoms with Crippen molar-refractivity contribution in [3.05, 3.63) is 35.9 Å². The Hall–Kier alpha value is -1.63. The fourth-order valence-corrected chi connectivity index (χ4v) is 3.59. The van der Waals surface area contributed by atoms with Crippen LogP contribution in [0, 0.1) is 5.92 Å². The topological polar surface area (TPSA) is 84.7 Å². The molecule has 2 aliphatic rings. The summed E-state index contributed by atoms with van der Waals surface area (Å²) in [7, 11) is 0. The number of carbonyl (C=O) groups excluding carboxylic acids is 2. The Bertz CT molecular complexity index is 584. The Morgan fingerprint density at radius 1 is 1.28 bits per heavy atom. The zero-order chi connectivity index (χ0) is 16.9. The third-order valence-corrected chi connectivity index (χ3v) is 4.99. The number of hydrogen-bond donors (Lipinski definition) is 2. The van der Waals surface area contributed by atoms with Crippen molar-refractivity contribution in [1.82, 2.24) is 10.2 Å². The molecule has 1 aromatic rings. The molecule has 1 aromatic carbocycles. The van der Waals surface area contributed by atoms with Crippen molar-refractivity contribution in [1.29, 1.82) is 0 Å². The molecule has 25 heavy (non-hydrogen) atoms. The largest absolute Gasteiger partial charge is 0.369 e. The first-order valence-corrected chi connectivity index (χ1v) is 8.60. The van der Waals surface area contributed by atoms with Gasteiger partial charge in [-0.15, -0.1) is 12.4 Å². The molecule has 138 valence electrons. The van der Waals surface area contributed by atoms with E-state index in [1.54, 1.807) is 4.90 Å². The van der Waals surface area contributed by atoms with E-state index >= 15 is 0 Å². The van der Waals surface area contributed by atoms with Gasteiger partial charge in [-0.05, 0) is 30.9 Å². The van der Waals surface area contributed by atoms with Crippen molar-refractivity contribution in [3.63, 3.8) is 0 Å². The summed E-state index contributed by atoms with van der Waals surface area (Å²) in [6, 6.07) is 9.24. The van der Waals surface area contributed by atoms with E-state index in [1.807, 2.05) is 30.3 Å². The van der Waals surface area contributed by atoms with Crippen molar-refractivity contribution in [3.8, 4) is 0 Å². The molecule has 1 aliphatic carbocycles. The molecule has 2 fully saturated rings.